The van der Waals surface area contributed by atoms with Crippen molar-refractivity contribution in [2.75, 3.05) is 39.3 Å². The Balaban J connectivity index is 1.19. The summed E-state index contributed by atoms with van der Waals surface area (Å²) in [5, 5.41) is 10.9. The summed E-state index contributed by atoms with van der Waals surface area (Å²) in [5.41, 5.74) is 4.27. The lowest BCUT2D eigenvalue weighted by molar-refractivity contribution is -0.136. The number of fused-ring (bicyclic) bond motifs is 1. The molecule has 5 rings (SSSR count). The van der Waals surface area contributed by atoms with E-state index in [-0.39, 0.29) is 30.6 Å². The van der Waals surface area contributed by atoms with E-state index in [0.29, 0.717) is 24.2 Å². The molecule has 0 bridgehead atoms. The maximum atomic E-state index is 15.4. The lowest BCUT2D eigenvalue weighted by Crippen LogP contribution is -2.53. The van der Waals surface area contributed by atoms with E-state index in [4.69, 9.17) is 9.47 Å². The number of alkyl halides is 1. The zero-order valence-corrected chi connectivity index (χ0v) is 19.2. The van der Waals surface area contributed by atoms with Crippen LogP contribution in [0.3, 0.4) is 0 Å². The van der Waals surface area contributed by atoms with E-state index >= 15 is 4.39 Å². The molecule has 7 nitrogen and oxygen atoms in total. The van der Waals surface area contributed by atoms with E-state index in [1.165, 1.54) is 0 Å². The number of aliphatic hydroxyl groups excluding tert-OH is 1. The third-order valence-corrected chi connectivity index (χ3v) is 8.24. The van der Waals surface area contributed by atoms with E-state index < -0.39 is 12.3 Å². The molecule has 4 heterocycles. The van der Waals surface area contributed by atoms with Crippen molar-refractivity contribution in [3.8, 4) is 0 Å². The quantitative estimate of drug-likeness (QED) is 0.695. The molecule has 1 spiro atoms. The van der Waals surface area contributed by atoms with Gasteiger partial charge in [0.1, 0.15) is 19.4 Å². The van der Waals surface area contributed by atoms with Crippen LogP contribution in [0.25, 0.3) is 0 Å². The fourth-order valence-electron chi connectivity index (χ4n) is 5.85. The summed E-state index contributed by atoms with van der Waals surface area (Å²) in [4.78, 5) is 27.6. The Hall–Kier alpha value is -2.45. The highest BCUT2D eigenvalue weighted by molar-refractivity contribution is 5.94. The van der Waals surface area contributed by atoms with Crippen molar-refractivity contribution in [3.63, 3.8) is 0 Å². The molecule has 1 aromatic rings. The van der Waals surface area contributed by atoms with Crippen molar-refractivity contribution in [2.45, 2.75) is 52.0 Å². The fraction of sp³-hybridized carbons (Fsp3) is 0.600. The number of piperidine rings is 2. The Morgan fingerprint density at radius 2 is 1.79 bits per heavy atom. The number of ether oxygens (including phenoxy) is 2. The van der Waals surface area contributed by atoms with E-state index in [1.807, 2.05) is 17.9 Å². The fourth-order valence-corrected chi connectivity index (χ4v) is 5.85. The molecule has 0 radical (unpaired) electrons. The molecule has 2 atom stereocenters. The maximum Gasteiger partial charge on any atom is 0.338 e. The van der Waals surface area contributed by atoms with E-state index in [9.17, 15) is 14.7 Å². The van der Waals surface area contributed by atoms with Gasteiger partial charge in [0.15, 0.2) is 0 Å². The van der Waals surface area contributed by atoms with Crippen LogP contribution >= 0.6 is 0 Å². The first kappa shape index (κ1) is 22.3. The van der Waals surface area contributed by atoms with Crippen LogP contribution in [0.2, 0.25) is 0 Å². The van der Waals surface area contributed by atoms with Crippen LogP contribution in [0.4, 0.5) is 4.39 Å². The number of likely N-dealkylation sites (tertiary alicyclic amines) is 2. The number of benzene rings is 1. The first-order chi connectivity index (χ1) is 15.8. The van der Waals surface area contributed by atoms with Gasteiger partial charge in [-0.3, -0.25) is 0 Å². The van der Waals surface area contributed by atoms with Crippen molar-refractivity contribution in [1.29, 1.82) is 0 Å². The summed E-state index contributed by atoms with van der Waals surface area (Å²) in [6, 6.07) is 3.56. The second-order valence-electron chi connectivity index (χ2n) is 9.87. The average molecular weight is 459 g/mol. The summed E-state index contributed by atoms with van der Waals surface area (Å²) in [5.74, 6) is -0.605. The monoisotopic (exact) mass is 458 g/mol. The van der Waals surface area contributed by atoms with E-state index in [2.05, 4.69) is 4.90 Å². The highest BCUT2D eigenvalue weighted by Gasteiger charge is 2.46. The summed E-state index contributed by atoms with van der Waals surface area (Å²) >= 11 is 0. The van der Waals surface area contributed by atoms with Crippen molar-refractivity contribution in [2.24, 2.45) is 5.41 Å². The minimum Gasteiger partial charge on any atom is -0.457 e. The summed E-state index contributed by atoms with van der Waals surface area (Å²) < 4.78 is 25.6. The minimum absolute atomic E-state index is 0.248. The van der Waals surface area contributed by atoms with Crippen molar-refractivity contribution < 1.29 is 28.6 Å². The Morgan fingerprint density at radius 1 is 1.09 bits per heavy atom. The number of nitrogens with zero attached hydrogens (tertiary/aromatic N) is 2. The highest BCUT2D eigenvalue weighted by atomic mass is 19.1. The Labute approximate surface area is 193 Å². The lowest BCUT2D eigenvalue weighted by Gasteiger charge is -2.49. The van der Waals surface area contributed by atoms with Gasteiger partial charge < -0.3 is 24.4 Å². The first-order valence-corrected chi connectivity index (χ1v) is 11.7. The van der Waals surface area contributed by atoms with Crippen LogP contribution in [-0.2, 0) is 20.9 Å². The average Bonchev–Trinajstić information content (AvgIpc) is 3.34. The van der Waals surface area contributed by atoms with Gasteiger partial charge in [-0.15, -0.1) is 0 Å². The number of β-amino-alcohol motifs (C(OH)–C–C–N with tert-alkyl or cyclic N) is 1. The summed E-state index contributed by atoms with van der Waals surface area (Å²) in [6.07, 6.45) is 0.651. The molecule has 0 aromatic heterocycles. The molecule has 0 aliphatic carbocycles. The molecule has 1 aromatic carbocycles. The molecule has 2 saturated heterocycles. The van der Waals surface area contributed by atoms with Gasteiger partial charge in [0.2, 0.25) is 0 Å². The van der Waals surface area contributed by atoms with Crippen LogP contribution in [0.15, 0.2) is 23.4 Å². The molecular weight excluding hydrogens is 427 g/mol. The normalized spacial score (nSPS) is 25.9. The van der Waals surface area contributed by atoms with Crippen molar-refractivity contribution in [1.82, 2.24) is 9.80 Å². The first-order valence-electron chi connectivity index (χ1n) is 11.7. The van der Waals surface area contributed by atoms with Gasteiger partial charge in [-0.25, -0.2) is 14.0 Å². The molecular formula is C25H31FN2O5. The SMILES string of the molecule is CC1=C(N2CCC3(CCN(C[C@H](O)c4ccc5c(c4C)COC5=O)CC3)C(F)C2)COC1=O. The third-order valence-electron chi connectivity index (χ3n) is 8.24. The predicted octanol–water partition coefficient (Wildman–Crippen LogP) is 2.66. The second kappa shape index (κ2) is 8.40. The minimum atomic E-state index is -0.953. The molecule has 178 valence electrons. The van der Waals surface area contributed by atoms with Gasteiger partial charge in [-0.05, 0) is 63.4 Å². The largest absolute Gasteiger partial charge is 0.457 e. The van der Waals surface area contributed by atoms with Gasteiger partial charge in [-0.2, -0.15) is 0 Å². The van der Waals surface area contributed by atoms with E-state index in [1.54, 1.807) is 13.0 Å². The number of rotatable bonds is 4. The summed E-state index contributed by atoms with van der Waals surface area (Å²) in [6.45, 7) is 7.20. The molecule has 4 aliphatic rings. The molecule has 0 saturated carbocycles. The van der Waals surface area contributed by atoms with Crippen LogP contribution in [-0.4, -0.2) is 72.3 Å². The van der Waals surface area contributed by atoms with Gasteiger partial charge in [0, 0.05) is 30.6 Å². The molecule has 8 heteroatoms. The number of hydrogen-bond acceptors (Lipinski definition) is 7. The molecule has 4 aliphatic heterocycles. The van der Waals surface area contributed by atoms with Gasteiger partial charge in [-0.1, -0.05) is 6.07 Å². The number of hydrogen-bond donors (Lipinski definition) is 1. The molecule has 0 amide bonds. The Bertz CT molecular complexity index is 1010. The Kier molecular flexibility index (Phi) is 5.69. The number of esters is 2. The van der Waals surface area contributed by atoms with Crippen LogP contribution < -0.4 is 0 Å². The number of carbonyl (C=O) groups excluding carboxylic acids is 2. The predicted molar refractivity (Wildman–Crippen MR) is 118 cm³/mol. The molecule has 1 unspecified atom stereocenters. The molecule has 2 fully saturated rings. The smallest absolute Gasteiger partial charge is 0.338 e. The highest BCUT2D eigenvalue weighted by Crippen LogP contribution is 2.44. The van der Waals surface area contributed by atoms with Crippen LogP contribution in [0.1, 0.15) is 59.3 Å². The Morgan fingerprint density at radius 3 is 2.45 bits per heavy atom. The van der Waals surface area contributed by atoms with Gasteiger partial charge in [0.25, 0.3) is 0 Å². The zero-order valence-electron chi connectivity index (χ0n) is 19.2. The zero-order chi connectivity index (χ0) is 23.3. The second-order valence-corrected chi connectivity index (χ2v) is 9.87. The van der Waals surface area contributed by atoms with Crippen LogP contribution in [0, 0.1) is 12.3 Å². The number of cyclic esters (lactones) is 2. The lowest BCUT2D eigenvalue weighted by atomic mass is 9.69. The molecule has 1 N–H and O–H groups in total. The van der Waals surface area contributed by atoms with E-state index in [0.717, 1.165) is 61.3 Å². The topological polar surface area (TPSA) is 79.3 Å². The maximum absolute atomic E-state index is 15.4. The standard InChI is InChI=1S/C25H31FN2O5/c1-15-17(3-4-18-19(15)13-32-24(18)31)21(29)11-27-8-5-25(6-9-27)7-10-28(12-22(25)26)20-14-33-23(30)16(20)2/h3-4,21-22,29H,5-14H2,1-2H3/t21-,22?/m0/s1. The third kappa shape index (κ3) is 3.83. The van der Waals surface area contributed by atoms with Gasteiger partial charge in [0.05, 0.1) is 22.9 Å². The van der Waals surface area contributed by atoms with Gasteiger partial charge >= 0.3 is 11.9 Å². The summed E-state index contributed by atoms with van der Waals surface area (Å²) in [7, 11) is 0. The van der Waals surface area contributed by atoms with Crippen molar-refractivity contribution in [3.05, 3.63) is 45.7 Å². The number of aliphatic hydroxyl groups is 1. The number of carbonyl (C=O) groups is 2. The van der Waals surface area contributed by atoms with Crippen molar-refractivity contribution >= 4 is 11.9 Å². The number of halogens is 1. The van der Waals surface area contributed by atoms with Crippen LogP contribution in [0.5, 0.6) is 0 Å². The molecule has 33 heavy (non-hydrogen) atoms.